The molecule has 2 aliphatic heterocycles. The lowest BCUT2D eigenvalue weighted by atomic mass is 9.99. The maximum absolute atomic E-state index is 13.1. The second-order valence-electron chi connectivity index (χ2n) is 8.22. The van der Waals surface area contributed by atoms with E-state index in [1.807, 2.05) is 23.1 Å². The first-order valence-corrected chi connectivity index (χ1v) is 11.1. The molecule has 0 saturated carbocycles. The quantitative estimate of drug-likeness (QED) is 0.732. The van der Waals surface area contributed by atoms with Gasteiger partial charge in [0, 0.05) is 56.4 Å². The minimum atomic E-state index is -0.0851. The van der Waals surface area contributed by atoms with Crippen molar-refractivity contribution in [2.75, 3.05) is 39.8 Å². The lowest BCUT2D eigenvalue weighted by Gasteiger charge is -2.40. The number of methoxy groups -OCH3 is 1. The molecule has 30 heavy (non-hydrogen) atoms. The van der Waals surface area contributed by atoms with Crippen LogP contribution in [0.25, 0.3) is 0 Å². The van der Waals surface area contributed by atoms with Gasteiger partial charge in [0.15, 0.2) is 0 Å². The Labute approximate surface area is 184 Å². The Morgan fingerprint density at radius 1 is 1.07 bits per heavy atom. The van der Waals surface area contributed by atoms with Gasteiger partial charge in [-0.05, 0) is 42.7 Å². The van der Waals surface area contributed by atoms with E-state index in [0.717, 1.165) is 68.6 Å². The predicted molar refractivity (Wildman–Crippen MR) is 120 cm³/mol. The van der Waals surface area contributed by atoms with E-state index in [4.69, 9.17) is 16.3 Å². The summed E-state index contributed by atoms with van der Waals surface area (Å²) in [6, 6.07) is 14.1. The number of carbonyl (C=O) groups excluding carboxylic acids is 1. The average molecular weight is 428 g/mol. The van der Waals surface area contributed by atoms with Crippen molar-refractivity contribution in [1.82, 2.24) is 14.7 Å². The number of hydrogen-bond donors (Lipinski definition) is 0. The molecule has 1 unspecified atom stereocenters. The van der Waals surface area contributed by atoms with Crippen molar-refractivity contribution < 1.29 is 9.53 Å². The van der Waals surface area contributed by atoms with E-state index in [9.17, 15) is 4.79 Å². The Morgan fingerprint density at radius 2 is 1.80 bits per heavy atom. The molecule has 160 valence electrons. The Kier molecular flexibility index (Phi) is 6.61. The fourth-order valence-corrected chi connectivity index (χ4v) is 4.72. The second kappa shape index (κ2) is 9.38. The highest BCUT2D eigenvalue weighted by molar-refractivity contribution is 6.30. The molecule has 1 amide bonds. The lowest BCUT2D eigenvalue weighted by molar-refractivity contribution is -0.138. The monoisotopic (exact) mass is 427 g/mol. The van der Waals surface area contributed by atoms with Gasteiger partial charge in [-0.2, -0.15) is 0 Å². The molecular formula is C24H30ClN3O2. The van der Waals surface area contributed by atoms with Crippen LogP contribution in [0.5, 0.6) is 5.75 Å². The summed E-state index contributed by atoms with van der Waals surface area (Å²) in [5.41, 5.74) is 3.76. The van der Waals surface area contributed by atoms with Crippen LogP contribution in [-0.2, 0) is 24.3 Å². The molecule has 0 N–H and O–H groups in total. The topological polar surface area (TPSA) is 36.0 Å². The van der Waals surface area contributed by atoms with Crippen LogP contribution in [0.3, 0.4) is 0 Å². The number of fused-ring (bicyclic) bond motifs is 1. The summed E-state index contributed by atoms with van der Waals surface area (Å²) in [6.07, 6.45) is 0.948. The van der Waals surface area contributed by atoms with Crippen LogP contribution in [0.2, 0.25) is 5.02 Å². The Morgan fingerprint density at radius 3 is 2.53 bits per heavy atom. The smallest absolute Gasteiger partial charge is 0.239 e. The van der Waals surface area contributed by atoms with Crippen LogP contribution in [0.1, 0.15) is 23.6 Å². The van der Waals surface area contributed by atoms with Crippen molar-refractivity contribution in [1.29, 1.82) is 0 Å². The van der Waals surface area contributed by atoms with Gasteiger partial charge in [0.25, 0.3) is 0 Å². The molecule has 6 heteroatoms. The first-order valence-electron chi connectivity index (χ1n) is 10.7. The van der Waals surface area contributed by atoms with Gasteiger partial charge in [-0.25, -0.2) is 0 Å². The molecule has 0 spiro atoms. The number of hydrogen-bond acceptors (Lipinski definition) is 4. The molecule has 0 radical (unpaired) electrons. The van der Waals surface area contributed by atoms with Crippen LogP contribution in [0.4, 0.5) is 0 Å². The summed E-state index contributed by atoms with van der Waals surface area (Å²) >= 11 is 6.17. The molecule has 1 fully saturated rings. The van der Waals surface area contributed by atoms with Crippen LogP contribution >= 0.6 is 11.6 Å². The SMILES string of the molecule is COc1ccc(Cl)cc1CN1CCN(C(C)C(=O)N2CCc3ccccc3C2)CC1. The molecule has 0 bridgehead atoms. The van der Waals surface area contributed by atoms with Gasteiger partial charge in [-0.3, -0.25) is 14.6 Å². The Bertz CT molecular complexity index is 896. The van der Waals surface area contributed by atoms with Crippen molar-refractivity contribution in [3.63, 3.8) is 0 Å². The number of rotatable bonds is 5. The normalized spacial score (nSPS) is 18.7. The third-order valence-corrected chi connectivity index (χ3v) is 6.63. The maximum Gasteiger partial charge on any atom is 0.239 e. The molecule has 4 rings (SSSR count). The summed E-state index contributed by atoms with van der Waals surface area (Å²) in [4.78, 5) is 19.9. The molecular weight excluding hydrogens is 398 g/mol. The summed E-state index contributed by atoms with van der Waals surface area (Å²) in [5.74, 6) is 1.12. The van der Waals surface area contributed by atoms with Crippen LogP contribution < -0.4 is 4.74 Å². The fraction of sp³-hybridized carbons (Fsp3) is 0.458. The molecule has 1 atom stereocenters. The Hall–Kier alpha value is -2.08. The number of piperazine rings is 1. The van der Waals surface area contributed by atoms with E-state index in [0.29, 0.717) is 0 Å². The highest BCUT2D eigenvalue weighted by Gasteiger charge is 2.30. The Balaban J connectivity index is 1.32. The van der Waals surface area contributed by atoms with Crippen LogP contribution in [0, 0.1) is 0 Å². The first-order chi connectivity index (χ1) is 14.5. The maximum atomic E-state index is 13.1. The minimum absolute atomic E-state index is 0.0851. The standard InChI is InChI=1S/C24H30ClN3O2/c1-18(24(29)28-10-9-19-5-3-4-6-20(19)17-28)27-13-11-26(12-14-27)16-21-15-22(25)7-8-23(21)30-2/h3-8,15,18H,9-14,16-17H2,1-2H3. The van der Waals surface area contributed by atoms with Gasteiger partial charge in [0.05, 0.1) is 13.2 Å². The number of nitrogens with zero attached hydrogens (tertiary/aromatic N) is 3. The lowest BCUT2D eigenvalue weighted by Crippen LogP contribution is -2.54. The van der Waals surface area contributed by atoms with Crippen molar-refractivity contribution in [2.24, 2.45) is 0 Å². The summed E-state index contributed by atoms with van der Waals surface area (Å²) in [7, 11) is 1.69. The summed E-state index contributed by atoms with van der Waals surface area (Å²) < 4.78 is 5.48. The average Bonchev–Trinajstić information content (AvgIpc) is 2.78. The summed E-state index contributed by atoms with van der Waals surface area (Å²) in [5, 5.41) is 0.728. The largest absolute Gasteiger partial charge is 0.496 e. The zero-order valence-electron chi connectivity index (χ0n) is 17.8. The molecule has 0 aromatic heterocycles. The number of benzene rings is 2. The van der Waals surface area contributed by atoms with Crippen molar-refractivity contribution >= 4 is 17.5 Å². The van der Waals surface area contributed by atoms with Gasteiger partial charge in [-0.15, -0.1) is 0 Å². The fourth-order valence-electron chi connectivity index (χ4n) is 4.52. The van der Waals surface area contributed by atoms with Crippen LogP contribution in [-0.4, -0.2) is 66.5 Å². The van der Waals surface area contributed by atoms with E-state index < -0.39 is 0 Å². The van der Waals surface area contributed by atoms with Gasteiger partial charge in [-0.1, -0.05) is 35.9 Å². The second-order valence-corrected chi connectivity index (χ2v) is 8.66. The van der Waals surface area contributed by atoms with Gasteiger partial charge >= 0.3 is 0 Å². The molecule has 2 aliphatic rings. The predicted octanol–water partition coefficient (Wildman–Crippen LogP) is 3.44. The van der Waals surface area contributed by atoms with E-state index in [-0.39, 0.29) is 11.9 Å². The number of ether oxygens (including phenoxy) is 1. The van der Waals surface area contributed by atoms with Gasteiger partial charge in [0.1, 0.15) is 5.75 Å². The first kappa shape index (κ1) is 21.2. The van der Waals surface area contributed by atoms with Crippen molar-refractivity contribution in [3.05, 3.63) is 64.2 Å². The number of amides is 1. The van der Waals surface area contributed by atoms with Gasteiger partial charge in [0.2, 0.25) is 5.91 Å². The van der Waals surface area contributed by atoms with Crippen LogP contribution in [0.15, 0.2) is 42.5 Å². The van der Waals surface area contributed by atoms with E-state index in [1.165, 1.54) is 11.1 Å². The third-order valence-electron chi connectivity index (χ3n) is 6.39. The van der Waals surface area contributed by atoms with E-state index in [2.05, 4.69) is 41.0 Å². The molecule has 2 aromatic carbocycles. The highest BCUT2D eigenvalue weighted by atomic mass is 35.5. The number of carbonyl (C=O) groups is 1. The highest BCUT2D eigenvalue weighted by Crippen LogP contribution is 2.25. The number of halogens is 1. The zero-order valence-corrected chi connectivity index (χ0v) is 18.6. The molecule has 5 nitrogen and oxygen atoms in total. The van der Waals surface area contributed by atoms with E-state index in [1.54, 1.807) is 7.11 Å². The van der Waals surface area contributed by atoms with Gasteiger partial charge < -0.3 is 9.64 Å². The minimum Gasteiger partial charge on any atom is -0.496 e. The van der Waals surface area contributed by atoms with E-state index >= 15 is 0 Å². The van der Waals surface area contributed by atoms with Crippen molar-refractivity contribution in [2.45, 2.75) is 32.5 Å². The molecule has 2 heterocycles. The third kappa shape index (κ3) is 4.64. The van der Waals surface area contributed by atoms with Crippen molar-refractivity contribution in [3.8, 4) is 5.75 Å². The summed E-state index contributed by atoms with van der Waals surface area (Å²) in [6.45, 7) is 8.04. The zero-order chi connectivity index (χ0) is 21.1. The molecule has 1 saturated heterocycles. The molecule has 0 aliphatic carbocycles. The molecule has 2 aromatic rings.